The van der Waals surface area contributed by atoms with Gasteiger partial charge in [-0.2, -0.15) is 0 Å². The normalized spacial score (nSPS) is 10.6. The highest BCUT2D eigenvalue weighted by Gasteiger charge is 1.99. The van der Waals surface area contributed by atoms with E-state index < -0.39 is 0 Å². The Kier molecular flexibility index (Phi) is 5.63. The van der Waals surface area contributed by atoms with Gasteiger partial charge in [-0.05, 0) is 24.3 Å². The van der Waals surface area contributed by atoms with E-state index in [4.69, 9.17) is 23.2 Å². The van der Waals surface area contributed by atoms with Crippen LogP contribution >= 0.6 is 44.8 Å². The van der Waals surface area contributed by atoms with E-state index in [1.165, 1.54) is 0 Å². The Labute approximate surface area is 124 Å². The van der Waals surface area contributed by atoms with Crippen molar-refractivity contribution in [1.82, 2.24) is 9.97 Å². The van der Waals surface area contributed by atoms with E-state index >= 15 is 0 Å². The minimum atomic E-state index is 0.537. The first-order chi connectivity index (χ1) is 8.74. The Bertz CT molecular complexity index is 475. The summed E-state index contributed by atoms with van der Waals surface area (Å²) in [6.45, 7) is 0. The summed E-state index contributed by atoms with van der Waals surface area (Å²) in [6, 6.07) is 11.3. The average Bonchev–Trinajstić information content (AvgIpc) is 2.35. The zero-order valence-electron chi connectivity index (χ0n) is 9.35. The maximum atomic E-state index is 5.82. The van der Waals surface area contributed by atoms with Crippen LogP contribution in [0.25, 0.3) is 0 Å². The topological polar surface area (TPSA) is 25.8 Å². The molecule has 0 unspecified atom stereocenters. The number of nitrogens with zero attached hydrogens (tertiary/aromatic N) is 2. The highest BCUT2D eigenvalue weighted by Crippen LogP contribution is 2.28. The van der Waals surface area contributed by atoms with E-state index in [0.717, 1.165) is 22.9 Å². The van der Waals surface area contributed by atoms with Gasteiger partial charge in [0.15, 0.2) is 0 Å². The molecule has 0 aliphatic heterocycles. The molecule has 0 spiro atoms. The van der Waals surface area contributed by atoms with Crippen LogP contribution in [0.4, 0.5) is 0 Å². The van der Waals surface area contributed by atoms with Crippen LogP contribution < -0.4 is 0 Å². The highest BCUT2D eigenvalue weighted by molar-refractivity contribution is 8.76. The first kappa shape index (κ1) is 14.0. The molecule has 0 atom stereocenters. The van der Waals surface area contributed by atoms with Crippen LogP contribution in [0.15, 0.2) is 36.4 Å². The second-order valence-corrected chi connectivity index (χ2v) is 6.67. The van der Waals surface area contributed by atoms with Gasteiger partial charge in [-0.15, -0.1) is 0 Å². The predicted octanol–water partition coefficient (Wildman–Crippen LogP) is 4.87. The van der Waals surface area contributed by atoms with Crippen LogP contribution in [0.5, 0.6) is 0 Å². The highest BCUT2D eigenvalue weighted by atomic mass is 35.5. The molecule has 0 fully saturated rings. The van der Waals surface area contributed by atoms with Crippen LogP contribution in [0.1, 0.15) is 11.4 Å². The second kappa shape index (κ2) is 7.24. The molecule has 0 amide bonds. The number of hydrogen-bond donors (Lipinski definition) is 0. The third kappa shape index (κ3) is 4.69. The van der Waals surface area contributed by atoms with Crippen molar-refractivity contribution in [3.8, 4) is 0 Å². The average molecular weight is 317 g/mol. The molecule has 0 radical (unpaired) electrons. The fraction of sp³-hybridized carbons (Fsp3) is 0.167. The fourth-order valence-electron chi connectivity index (χ4n) is 1.27. The summed E-state index contributed by atoms with van der Waals surface area (Å²) < 4.78 is 0. The molecule has 0 saturated heterocycles. The Morgan fingerprint density at radius 1 is 0.778 bits per heavy atom. The third-order valence-corrected chi connectivity index (χ3v) is 4.66. The molecule has 0 saturated carbocycles. The van der Waals surface area contributed by atoms with Crippen molar-refractivity contribution < 1.29 is 0 Å². The number of halogens is 2. The van der Waals surface area contributed by atoms with Crippen LogP contribution in [-0.4, -0.2) is 9.97 Å². The Hall–Kier alpha value is -0.420. The summed E-state index contributed by atoms with van der Waals surface area (Å²) in [5.41, 5.74) is 1.97. The van der Waals surface area contributed by atoms with E-state index in [1.54, 1.807) is 33.7 Å². The SMILES string of the molecule is Clc1cccc(CSSCc2cccc(Cl)n2)n1. The number of aromatic nitrogens is 2. The molecule has 2 aromatic rings. The summed E-state index contributed by atoms with van der Waals surface area (Å²) in [4.78, 5) is 8.45. The largest absolute Gasteiger partial charge is 0.240 e. The van der Waals surface area contributed by atoms with E-state index in [9.17, 15) is 0 Å². The summed E-state index contributed by atoms with van der Waals surface area (Å²) in [5.74, 6) is 1.65. The second-order valence-electron chi connectivity index (χ2n) is 3.43. The lowest BCUT2D eigenvalue weighted by molar-refractivity contribution is 1.18. The molecule has 94 valence electrons. The molecule has 0 bridgehead atoms. The number of pyridine rings is 2. The quantitative estimate of drug-likeness (QED) is 0.446. The van der Waals surface area contributed by atoms with Gasteiger partial charge in [0.25, 0.3) is 0 Å². The molecule has 2 rings (SSSR count). The molecule has 0 aliphatic carbocycles. The molecule has 2 aromatic heterocycles. The predicted molar refractivity (Wildman–Crippen MR) is 81.1 cm³/mol. The minimum absolute atomic E-state index is 0.537. The van der Waals surface area contributed by atoms with Gasteiger partial charge in [0.1, 0.15) is 10.3 Å². The van der Waals surface area contributed by atoms with E-state index in [0.29, 0.717) is 10.3 Å². The Morgan fingerprint density at radius 2 is 1.22 bits per heavy atom. The van der Waals surface area contributed by atoms with Gasteiger partial charge >= 0.3 is 0 Å². The minimum Gasteiger partial charge on any atom is -0.240 e. The van der Waals surface area contributed by atoms with Crippen LogP contribution in [-0.2, 0) is 11.5 Å². The van der Waals surface area contributed by atoms with Gasteiger partial charge < -0.3 is 0 Å². The number of hydrogen-bond acceptors (Lipinski definition) is 4. The lowest BCUT2D eigenvalue weighted by Crippen LogP contribution is -1.87. The van der Waals surface area contributed by atoms with Gasteiger partial charge in [0, 0.05) is 11.5 Å². The smallest absolute Gasteiger partial charge is 0.129 e. The molecule has 0 N–H and O–H groups in total. The Balaban J connectivity index is 1.76. The van der Waals surface area contributed by atoms with Gasteiger partial charge in [-0.1, -0.05) is 56.9 Å². The lowest BCUT2D eigenvalue weighted by atomic mass is 10.4. The van der Waals surface area contributed by atoms with Gasteiger partial charge in [-0.3, -0.25) is 0 Å². The van der Waals surface area contributed by atoms with Gasteiger partial charge in [-0.25, -0.2) is 9.97 Å². The maximum absolute atomic E-state index is 5.82. The summed E-state index contributed by atoms with van der Waals surface area (Å²) in [6.07, 6.45) is 0. The molecule has 0 aromatic carbocycles. The van der Waals surface area contributed by atoms with Crippen molar-refractivity contribution in [3.63, 3.8) is 0 Å². The fourth-order valence-corrected chi connectivity index (χ4v) is 3.58. The van der Waals surface area contributed by atoms with Crippen molar-refractivity contribution in [2.45, 2.75) is 11.5 Å². The third-order valence-electron chi connectivity index (χ3n) is 2.04. The van der Waals surface area contributed by atoms with Crippen LogP contribution in [0.2, 0.25) is 10.3 Å². The van der Waals surface area contributed by atoms with Crippen molar-refractivity contribution in [2.75, 3.05) is 0 Å². The van der Waals surface area contributed by atoms with Gasteiger partial charge in [0.2, 0.25) is 0 Å². The zero-order chi connectivity index (χ0) is 12.8. The van der Waals surface area contributed by atoms with E-state index in [2.05, 4.69) is 9.97 Å². The maximum Gasteiger partial charge on any atom is 0.129 e. The lowest BCUT2D eigenvalue weighted by Gasteiger charge is -2.02. The van der Waals surface area contributed by atoms with Crippen molar-refractivity contribution in [3.05, 3.63) is 58.1 Å². The molecule has 2 heterocycles. The molecule has 6 heteroatoms. The monoisotopic (exact) mass is 316 g/mol. The first-order valence-corrected chi connectivity index (χ1v) is 8.46. The summed E-state index contributed by atoms with van der Waals surface area (Å²) >= 11 is 11.6. The molecule has 0 aliphatic rings. The molecule has 18 heavy (non-hydrogen) atoms. The van der Waals surface area contributed by atoms with Gasteiger partial charge in [0.05, 0.1) is 11.4 Å². The standard InChI is InChI=1S/C12H10Cl2N2S2/c13-11-5-1-3-9(15-11)7-17-18-8-10-4-2-6-12(14)16-10/h1-6H,7-8H2. The summed E-state index contributed by atoms with van der Waals surface area (Å²) in [7, 11) is 3.46. The van der Waals surface area contributed by atoms with E-state index in [-0.39, 0.29) is 0 Å². The zero-order valence-corrected chi connectivity index (χ0v) is 12.5. The number of rotatable bonds is 5. The molecular formula is C12H10Cl2N2S2. The van der Waals surface area contributed by atoms with Crippen molar-refractivity contribution >= 4 is 44.8 Å². The molecule has 2 nitrogen and oxygen atoms in total. The Morgan fingerprint density at radius 3 is 1.61 bits per heavy atom. The summed E-state index contributed by atoms with van der Waals surface area (Å²) in [5, 5.41) is 1.07. The molecular weight excluding hydrogens is 307 g/mol. The van der Waals surface area contributed by atoms with E-state index in [1.807, 2.05) is 24.3 Å². The van der Waals surface area contributed by atoms with Crippen molar-refractivity contribution in [2.24, 2.45) is 0 Å². The first-order valence-electron chi connectivity index (χ1n) is 5.21. The van der Waals surface area contributed by atoms with Crippen LogP contribution in [0.3, 0.4) is 0 Å². The van der Waals surface area contributed by atoms with Crippen LogP contribution in [0, 0.1) is 0 Å². The van der Waals surface area contributed by atoms with Crippen molar-refractivity contribution in [1.29, 1.82) is 0 Å².